The average molecular weight is 309 g/mol. The van der Waals surface area contributed by atoms with Gasteiger partial charge >= 0.3 is 5.97 Å². The first-order valence-electron chi connectivity index (χ1n) is 6.59. The van der Waals surface area contributed by atoms with Gasteiger partial charge in [0.05, 0.1) is 25.3 Å². The molecular formula is C13H15N3O4S. The molecule has 1 atom stereocenters. The minimum absolute atomic E-state index is 0.0874. The normalized spacial score (nSPS) is 19.1. The summed E-state index contributed by atoms with van der Waals surface area (Å²) in [5.74, 6) is -1.12. The van der Waals surface area contributed by atoms with Gasteiger partial charge in [0.2, 0.25) is 5.91 Å². The van der Waals surface area contributed by atoms with Crippen LogP contribution in [0.3, 0.4) is 0 Å². The number of imidazole rings is 1. The average Bonchev–Trinajstić information content (AvgIpc) is 2.99. The lowest BCUT2D eigenvalue weighted by Crippen LogP contribution is -2.49. The highest BCUT2D eigenvalue weighted by atomic mass is 32.1. The first-order chi connectivity index (χ1) is 10.0. The molecule has 0 aromatic carbocycles. The number of hydrogen-bond donors (Lipinski definition) is 1. The summed E-state index contributed by atoms with van der Waals surface area (Å²) in [5, 5.41) is 10.9. The van der Waals surface area contributed by atoms with E-state index in [1.54, 1.807) is 4.90 Å². The summed E-state index contributed by atoms with van der Waals surface area (Å²) < 4.78 is 7.03. The largest absolute Gasteiger partial charge is 0.479 e. The molecule has 0 bridgehead atoms. The van der Waals surface area contributed by atoms with E-state index in [2.05, 4.69) is 4.98 Å². The Hall–Kier alpha value is -1.93. The number of aliphatic carboxylic acids is 1. The number of aryl methyl sites for hydroxylation is 1. The second-order valence-corrected chi connectivity index (χ2v) is 5.81. The number of rotatable bonds is 3. The van der Waals surface area contributed by atoms with E-state index in [0.717, 1.165) is 16.3 Å². The summed E-state index contributed by atoms with van der Waals surface area (Å²) >= 11 is 1.49. The molecule has 2 aromatic rings. The standard InChI is InChI=1S/C13H15N3O4S/c1-8-5-16-9(7-21-13(16)14-8)4-11(17)15-2-3-20-10(6-15)12(18)19/h5,7,10H,2-4,6H2,1H3,(H,18,19). The van der Waals surface area contributed by atoms with Gasteiger partial charge in [0.15, 0.2) is 11.1 Å². The van der Waals surface area contributed by atoms with Crippen LogP contribution in [-0.2, 0) is 20.7 Å². The van der Waals surface area contributed by atoms with Crippen LogP contribution in [0, 0.1) is 6.92 Å². The van der Waals surface area contributed by atoms with Crippen LogP contribution in [0.4, 0.5) is 0 Å². The molecule has 3 heterocycles. The third kappa shape index (κ3) is 2.77. The molecule has 2 aromatic heterocycles. The van der Waals surface area contributed by atoms with E-state index in [9.17, 15) is 9.59 Å². The molecule has 1 saturated heterocycles. The number of fused-ring (bicyclic) bond motifs is 1. The molecule has 21 heavy (non-hydrogen) atoms. The first-order valence-corrected chi connectivity index (χ1v) is 7.47. The topological polar surface area (TPSA) is 84.1 Å². The number of amides is 1. The molecule has 0 saturated carbocycles. The number of carbonyl (C=O) groups excluding carboxylic acids is 1. The summed E-state index contributed by atoms with van der Waals surface area (Å²) in [6.45, 7) is 2.69. The third-order valence-corrected chi connectivity index (χ3v) is 4.32. The zero-order valence-electron chi connectivity index (χ0n) is 11.5. The van der Waals surface area contributed by atoms with Gasteiger partial charge in [0, 0.05) is 23.8 Å². The Morgan fingerprint density at radius 1 is 1.57 bits per heavy atom. The maximum atomic E-state index is 12.3. The highest BCUT2D eigenvalue weighted by Crippen LogP contribution is 2.18. The van der Waals surface area contributed by atoms with Gasteiger partial charge in [-0.25, -0.2) is 9.78 Å². The minimum atomic E-state index is -1.03. The summed E-state index contributed by atoms with van der Waals surface area (Å²) in [7, 11) is 0. The van der Waals surface area contributed by atoms with Crippen LogP contribution in [0.1, 0.15) is 11.4 Å². The highest BCUT2D eigenvalue weighted by Gasteiger charge is 2.29. The van der Waals surface area contributed by atoms with Crippen molar-refractivity contribution in [2.24, 2.45) is 0 Å². The second-order valence-electron chi connectivity index (χ2n) is 4.98. The van der Waals surface area contributed by atoms with E-state index in [-0.39, 0.29) is 25.5 Å². The van der Waals surface area contributed by atoms with Gasteiger partial charge in [-0.05, 0) is 6.92 Å². The van der Waals surface area contributed by atoms with Crippen LogP contribution in [0.5, 0.6) is 0 Å². The quantitative estimate of drug-likeness (QED) is 0.895. The predicted octanol–water partition coefficient (Wildman–Crippen LogP) is 0.559. The lowest BCUT2D eigenvalue weighted by atomic mass is 10.2. The fourth-order valence-electron chi connectivity index (χ4n) is 2.36. The molecule has 0 aliphatic carbocycles. The van der Waals surface area contributed by atoms with E-state index >= 15 is 0 Å². The van der Waals surface area contributed by atoms with Gasteiger partial charge in [0.1, 0.15) is 0 Å². The Bertz CT molecular complexity index is 693. The number of nitrogens with zero attached hydrogens (tertiary/aromatic N) is 3. The van der Waals surface area contributed by atoms with Crippen molar-refractivity contribution in [1.29, 1.82) is 0 Å². The van der Waals surface area contributed by atoms with Crippen LogP contribution in [-0.4, -0.2) is 57.1 Å². The molecular weight excluding hydrogens is 294 g/mol. The molecule has 0 radical (unpaired) electrons. The maximum absolute atomic E-state index is 12.3. The Morgan fingerprint density at radius 2 is 2.38 bits per heavy atom. The van der Waals surface area contributed by atoms with Crippen molar-refractivity contribution in [1.82, 2.24) is 14.3 Å². The summed E-state index contributed by atoms with van der Waals surface area (Å²) in [6.07, 6.45) is 1.20. The van der Waals surface area contributed by atoms with Gasteiger partial charge in [-0.3, -0.25) is 9.20 Å². The number of carbonyl (C=O) groups is 2. The molecule has 1 aliphatic rings. The number of aromatic nitrogens is 2. The molecule has 1 aliphatic heterocycles. The molecule has 7 nitrogen and oxygen atoms in total. The molecule has 0 spiro atoms. The molecule has 112 valence electrons. The van der Waals surface area contributed by atoms with Gasteiger partial charge in [-0.15, -0.1) is 11.3 Å². The summed E-state index contributed by atoms with van der Waals surface area (Å²) in [6, 6.07) is 0. The third-order valence-electron chi connectivity index (χ3n) is 3.43. The Balaban J connectivity index is 1.72. The zero-order valence-corrected chi connectivity index (χ0v) is 12.3. The van der Waals surface area contributed by atoms with Crippen molar-refractivity contribution >= 4 is 28.2 Å². The van der Waals surface area contributed by atoms with Gasteiger partial charge in [0.25, 0.3) is 0 Å². The Morgan fingerprint density at radius 3 is 3.14 bits per heavy atom. The fraction of sp³-hybridized carbons (Fsp3) is 0.462. The van der Waals surface area contributed by atoms with E-state index in [1.807, 2.05) is 22.9 Å². The Labute approximate surface area is 124 Å². The number of hydrogen-bond acceptors (Lipinski definition) is 5. The van der Waals surface area contributed by atoms with Crippen molar-refractivity contribution < 1.29 is 19.4 Å². The number of ether oxygens (including phenoxy) is 1. The van der Waals surface area contributed by atoms with Crippen molar-refractivity contribution in [2.75, 3.05) is 19.7 Å². The minimum Gasteiger partial charge on any atom is -0.479 e. The van der Waals surface area contributed by atoms with Crippen molar-refractivity contribution in [2.45, 2.75) is 19.4 Å². The van der Waals surface area contributed by atoms with Crippen LogP contribution in [0.2, 0.25) is 0 Å². The van der Waals surface area contributed by atoms with Crippen molar-refractivity contribution in [3.05, 3.63) is 23.0 Å². The van der Waals surface area contributed by atoms with E-state index < -0.39 is 12.1 Å². The van der Waals surface area contributed by atoms with Crippen LogP contribution >= 0.6 is 11.3 Å². The van der Waals surface area contributed by atoms with Gasteiger partial charge in [-0.2, -0.15) is 0 Å². The van der Waals surface area contributed by atoms with E-state index in [0.29, 0.717) is 6.54 Å². The van der Waals surface area contributed by atoms with Crippen LogP contribution in [0.15, 0.2) is 11.6 Å². The van der Waals surface area contributed by atoms with Gasteiger partial charge < -0.3 is 14.7 Å². The summed E-state index contributed by atoms with van der Waals surface area (Å²) in [5.41, 5.74) is 1.78. The van der Waals surface area contributed by atoms with Crippen molar-refractivity contribution in [3.8, 4) is 0 Å². The lowest BCUT2D eigenvalue weighted by Gasteiger charge is -2.30. The molecule has 1 N–H and O–H groups in total. The van der Waals surface area contributed by atoms with Gasteiger partial charge in [-0.1, -0.05) is 0 Å². The number of morpholine rings is 1. The SMILES string of the molecule is Cc1cn2c(CC(=O)N3CCOC(C(=O)O)C3)csc2n1. The highest BCUT2D eigenvalue weighted by molar-refractivity contribution is 7.15. The lowest BCUT2D eigenvalue weighted by molar-refractivity contribution is -0.159. The monoisotopic (exact) mass is 309 g/mol. The van der Waals surface area contributed by atoms with Crippen molar-refractivity contribution in [3.63, 3.8) is 0 Å². The first kappa shape index (κ1) is 14.0. The summed E-state index contributed by atoms with van der Waals surface area (Å²) in [4.78, 5) is 30.0. The predicted molar refractivity (Wildman–Crippen MR) is 75.5 cm³/mol. The molecule has 1 amide bonds. The maximum Gasteiger partial charge on any atom is 0.334 e. The molecule has 1 fully saturated rings. The Kier molecular flexibility index (Phi) is 3.64. The van der Waals surface area contributed by atoms with E-state index in [1.165, 1.54) is 11.3 Å². The van der Waals surface area contributed by atoms with Crippen LogP contribution in [0.25, 0.3) is 4.96 Å². The number of carboxylic acid groups (broad SMARTS) is 1. The second kappa shape index (κ2) is 5.45. The number of carboxylic acids is 1. The van der Waals surface area contributed by atoms with E-state index in [4.69, 9.17) is 9.84 Å². The molecule has 8 heteroatoms. The molecule has 3 rings (SSSR count). The molecule has 1 unspecified atom stereocenters. The zero-order chi connectivity index (χ0) is 15.0. The fourth-order valence-corrected chi connectivity index (χ4v) is 3.28. The smallest absolute Gasteiger partial charge is 0.334 e. The number of thiazole rings is 1. The van der Waals surface area contributed by atoms with Crippen LogP contribution < -0.4 is 0 Å².